The van der Waals surface area contributed by atoms with Crippen LogP contribution in [0.1, 0.15) is 25.8 Å². The van der Waals surface area contributed by atoms with Crippen molar-refractivity contribution in [3.8, 4) is 0 Å². The molecule has 118 valence electrons. The number of carboxylic acid groups (broad SMARTS) is 1. The third-order valence-corrected chi connectivity index (χ3v) is 3.95. The number of aliphatic carboxylic acids is 1. The first-order valence-electron chi connectivity index (χ1n) is 7.56. The highest BCUT2D eigenvalue weighted by atomic mass is 16.4. The van der Waals surface area contributed by atoms with E-state index in [1.165, 1.54) is 0 Å². The highest BCUT2D eigenvalue weighted by Crippen LogP contribution is 2.25. The minimum atomic E-state index is -0.866. The summed E-state index contributed by atoms with van der Waals surface area (Å²) in [7, 11) is 4.11. The lowest BCUT2D eigenvalue weighted by Gasteiger charge is -2.32. The Balaban J connectivity index is 2.79. The van der Waals surface area contributed by atoms with Gasteiger partial charge in [0.1, 0.15) is 5.41 Å². The molecule has 1 aromatic rings. The summed E-state index contributed by atoms with van der Waals surface area (Å²) < 4.78 is 0. The number of rotatable bonds is 9. The molecule has 0 spiro atoms. The Morgan fingerprint density at radius 1 is 1.19 bits per heavy atom. The van der Waals surface area contributed by atoms with Crippen molar-refractivity contribution in [3.05, 3.63) is 35.9 Å². The molecule has 1 unspecified atom stereocenters. The number of likely N-dealkylation sites (N-methyl/N-ethyl adjacent to an activating group) is 1. The molecule has 0 saturated carbocycles. The summed E-state index contributed by atoms with van der Waals surface area (Å²) in [5.41, 5.74) is -0.00128. The molecule has 0 radical (unpaired) electrons. The minimum Gasteiger partial charge on any atom is -0.481 e. The van der Waals surface area contributed by atoms with Gasteiger partial charge in [-0.2, -0.15) is 0 Å². The first kappa shape index (κ1) is 17.7. The normalized spacial score (nSPS) is 14.4. The van der Waals surface area contributed by atoms with Gasteiger partial charge in [-0.1, -0.05) is 37.3 Å². The van der Waals surface area contributed by atoms with Crippen LogP contribution in [0.5, 0.6) is 0 Å². The summed E-state index contributed by atoms with van der Waals surface area (Å²) in [6.45, 7) is 7.25. The number of hydrogen-bond donors (Lipinski definition) is 1. The van der Waals surface area contributed by atoms with Crippen LogP contribution in [0.2, 0.25) is 0 Å². The Labute approximate surface area is 128 Å². The molecule has 0 aromatic heterocycles. The van der Waals surface area contributed by atoms with E-state index in [0.717, 1.165) is 31.6 Å². The molecule has 0 aliphatic rings. The van der Waals surface area contributed by atoms with E-state index in [1.807, 2.05) is 37.3 Å². The largest absolute Gasteiger partial charge is 0.481 e. The lowest BCUT2D eigenvalue weighted by Crippen LogP contribution is -2.45. The zero-order valence-corrected chi connectivity index (χ0v) is 13.7. The van der Waals surface area contributed by atoms with Gasteiger partial charge in [0.05, 0.1) is 0 Å². The van der Waals surface area contributed by atoms with Gasteiger partial charge in [0, 0.05) is 6.54 Å². The number of carbonyl (C=O) groups is 1. The molecule has 0 saturated heterocycles. The molecule has 4 heteroatoms. The average molecular weight is 292 g/mol. The standard InChI is InChI=1S/C17H28N2O2/c1-5-19(13-9-12-18(3)4)14-17(2,16(20)21)15-10-7-6-8-11-15/h6-8,10-11H,5,9,12-14H2,1-4H3,(H,20,21). The molecular formula is C17H28N2O2. The van der Waals surface area contributed by atoms with E-state index in [1.54, 1.807) is 0 Å². The van der Waals surface area contributed by atoms with Crippen molar-refractivity contribution in [1.82, 2.24) is 9.80 Å². The summed E-state index contributed by atoms with van der Waals surface area (Å²) in [5.74, 6) is -0.764. The zero-order chi connectivity index (χ0) is 15.9. The van der Waals surface area contributed by atoms with Gasteiger partial charge in [0.25, 0.3) is 0 Å². The van der Waals surface area contributed by atoms with Crippen LogP contribution < -0.4 is 0 Å². The molecular weight excluding hydrogens is 264 g/mol. The van der Waals surface area contributed by atoms with Crippen LogP contribution in [0.15, 0.2) is 30.3 Å². The van der Waals surface area contributed by atoms with E-state index in [4.69, 9.17) is 0 Å². The lowest BCUT2D eigenvalue weighted by molar-refractivity contribution is -0.144. The first-order valence-corrected chi connectivity index (χ1v) is 7.56. The maximum absolute atomic E-state index is 11.8. The molecule has 1 aromatic carbocycles. The van der Waals surface area contributed by atoms with Crippen molar-refractivity contribution in [3.63, 3.8) is 0 Å². The van der Waals surface area contributed by atoms with Crippen molar-refractivity contribution < 1.29 is 9.90 Å². The smallest absolute Gasteiger partial charge is 0.315 e. The SMILES string of the molecule is CCN(CCCN(C)C)CC(C)(C(=O)O)c1ccccc1. The number of benzene rings is 1. The van der Waals surface area contributed by atoms with Crippen LogP contribution in [-0.2, 0) is 10.2 Å². The molecule has 21 heavy (non-hydrogen) atoms. The Morgan fingerprint density at radius 3 is 2.29 bits per heavy atom. The fourth-order valence-corrected chi connectivity index (χ4v) is 2.50. The molecule has 0 fully saturated rings. The monoisotopic (exact) mass is 292 g/mol. The molecule has 1 atom stereocenters. The van der Waals surface area contributed by atoms with E-state index in [2.05, 4.69) is 30.8 Å². The Morgan fingerprint density at radius 2 is 1.81 bits per heavy atom. The fraction of sp³-hybridized carbons (Fsp3) is 0.588. The molecule has 0 aliphatic carbocycles. The Bertz CT molecular complexity index is 434. The highest BCUT2D eigenvalue weighted by molar-refractivity contribution is 5.81. The quantitative estimate of drug-likeness (QED) is 0.758. The number of carboxylic acids is 1. The van der Waals surface area contributed by atoms with Crippen molar-refractivity contribution in [2.75, 3.05) is 40.3 Å². The summed E-state index contributed by atoms with van der Waals surface area (Å²) in [6, 6.07) is 9.53. The van der Waals surface area contributed by atoms with Crippen molar-refractivity contribution in [2.24, 2.45) is 0 Å². The molecule has 0 amide bonds. The number of nitrogens with zero attached hydrogens (tertiary/aromatic N) is 2. The molecule has 4 nitrogen and oxygen atoms in total. The van der Waals surface area contributed by atoms with Gasteiger partial charge in [-0.3, -0.25) is 4.79 Å². The third-order valence-electron chi connectivity index (χ3n) is 3.95. The molecule has 0 heterocycles. The fourth-order valence-electron chi connectivity index (χ4n) is 2.50. The van der Waals surface area contributed by atoms with Crippen LogP contribution in [0.25, 0.3) is 0 Å². The Hall–Kier alpha value is -1.39. The molecule has 0 aliphatic heterocycles. The van der Waals surface area contributed by atoms with Crippen LogP contribution in [0, 0.1) is 0 Å². The van der Waals surface area contributed by atoms with Gasteiger partial charge in [0.15, 0.2) is 0 Å². The molecule has 0 bridgehead atoms. The topological polar surface area (TPSA) is 43.8 Å². The van der Waals surface area contributed by atoms with E-state index < -0.39 is 11.4 Å². The second kappa shape index (κ2) is 8.15. The lowest BCUT2D eigenvalue weighted by atomic mass is 9.82. The average Bonchev–Trinajstić information content (AvgIpc) is 2.46. The van der Waals surface area contributed by atoms with Crippen LogP contribution >= 0.6 is 0 Å². The van der Waals surface area contributed by atoms with Gasteiger partial charge in [-0.25, -0.2) is 0 Å². The molecule has 1 rings (SSSR count). The van der Waals surface area contributed by atoms with Crippen LogP contribution in [0.3, 0.4) is 0 Å². The van der Waals surface area contributed by atoms with E-state index in [9.17, 15) is 9.90 Å². The van der Waals surface area contributed by atoms with Gasteiger partial charge >= 0.3 is 5.97 Å². The van der Waals surface area contributed by atoms with E-state index in [-0.39, 0.29) is 0 Å². The summed E-state index contributed by atoms with van der Waals surface area (Å²) >= 11 is 0. The number of hydrogen-bond acceptors (Lipinski definition) is 3. The third kappa shape index (κ3) is 5.14. The maximum atomic E-state index is 11.8. The van der Waals surface area contributed by atoms with Gasteiger partial charge in [0.2, 0.25) is 0 Å². The van der Waals surface area contributed by atoms with Gasteiger partial charge in [-0.15, -0.1) is 0 Å². The van der Waals surface area contributed by atoms with Gasteiger partial charge in [-0.05, 0) is 52.6 Å². The van der Waals surface area contributed by atoms with Crippen molar-refractivity contribution in [2.45, 2.75) is 25.7 Å². The van der Waals surface area contributed by atoms with Crippen LogP contribution in [-0.4, -0.2) is 61.2 Å². The second-order valence-corrected chi connectivity index (χ2v) is 6.03. The zero-order valence-electron chi connectivity index (χ0n) is 13.7. The van der Waals surface area contributed by atoms with Crippen molar-refractivity contribution in [1.29, 1.82) is 0 Å². The Kier molecular flexibility index (Phi) is 6.85. The van der Waals surface area contributed by atoms with Crippen molar-refractivity contribution >= 4 is 5.97 Å². The van der Waals surface area contributed by atoms with Crippen LogP contribution in [0.4, 0.5) is 0 Å². The molecule has 1 N–H and O–H groups in total. The minimum absolute atomic E-state index is 0.538. The first-order chi connectivity index (χ1) is 9.90. The maximum Gasteiger partial charge on any atom is 0.315 e. The predicted molar refractivity (Wildman–Crippen MR) is 86.7 cm³/mol. The summed E-state index contributed by atoms with van der Waals surface area (Å²) in [4.78, 5) is 16.2. The second-order valence-electron chi connectivity index (χ2n) is 6.03. The van der Waals surface area contributed by atoms with E-state index >= 15 is 0 Å². The van der Waals surface area contributed by atoms with E-state index in [0.29, 0.717) is 6.54 Å². The predicted octanol–water partition coefficient (Wildman–Crippen LogP) is 2.30. The summed E-state index contributed by atoms with van der Waals surface area (Å²) in [5, 5.41) is 9.71. The highest BCUT2D eigenvalue weighted by Gasteiger charge is 2.36. The summed E-state index contributed by atoms with van der Waals surface area (Å²) in [6.07, 6.45) is 1.05. The van der Waals surface area contributed by atoms with Gasteiger partial charge < -0.3 is 14.9 Å².